The molecule has 0 saturated carbocycles. The van der Waals surface area contributed by atoms with Gasteiger partial charge < -0.3 is 15.4 Å². The number of amides is 1. The Hall–Kier alpha value is -1.62. The zero-order chi connectivity index (χ0) is 13.4. The van der Waals surface area contributed by atoms with Crippen molar-refractivity contribution in [2.75, 3.05) is 13.7 Å². The van der Waals surface area contributed by atoms with Crippen molar-refractivity contribution in [1.29, 1.82) is 0 Å². The number of methoxy groups -OCH3 is 1. The third-order valence-corrected chi connectivity index (χ3v) is 2.58. The first-order chi connectivity index (χ1) is 8.69. The van der Waals surface area contributed by atoms with Gasteiger partial charge in [0.2, 0.25) is 11.8 Å². The summed E-state index contributed by atoms with van der Waals surface area (Å²) in [5.41, 5.74) is 0.940. The van der Waals surface area contributed by atoms with E-state index in [2.05, 4.69) is 15.6 Å². The highest BCUT2D eigenvalue weighted by molar-refractivity contribution is 5.81. The maximum absolute atomic E-state index is 11.7. The topological polar surface area (TPSA) is 63.2 Å². The van der Waals surface area contributed by atoms with Gasteiger partial charge in [-0.3, -0.25) is 4.79 Å². The van der Waals surface area contributed by atoms with Gasteiger partial charge in [0.25, 0.3) is 0 Å². The molecule has 1 amide bonds. The van der Waals surface area contributed by atoms with Crippen molar-refractivity contribution in [3.05, 3.63) is 23.9 Å². The summed E-state index contributed by atoms with van der Waals surface area (Å²) in [6.45, 7) is 5.13. The highest BCUT2D eigenvalue weighted by Crippen LogP contribution is 2.12. The molecular weight excluding hydrogens is 230 g/mol. The van der Waals surface area contributed by atoms with Crippen molar-refractivity contribution < 1.29 is 9.53 Å². The van der Waals surface area contributed by atoms with E-state index < -0.39 is 0 Å². The van der Waals surface area contributed by atoms with Crippen LogP contribution in [0.25, 0.3) is 0 Å². The van der Waals surface area contributed by atoms with E-state index in [-0.39, 0.29) is 11.9 Å². The number of rotatable bonds is 7. The van der Waals surface area contributed by atoms with Crippen LogP contribution in [-0.4, -0.2) is 30.6 Å². The third-order valence-electron chi connectivity index (χ3n) is 2.58. The van der Waals surface area contributed by atoms with E-state index in [1.165, 1.54) is 0 Å². The van der Waals surface area contributed by atoms with Crippen molar-refractivity contribution in [3.8, 4) is 5.88 Å². The minimum absolute atomic E-state index is 0.0136. The summed E-state index contributed by atoms with van der Waals surface area (Å²) >= 11 is 0. The summed E-state index contributed by atoms with van der Waals surface area (Å²) in [6, 6.07) is 3.54. The second kappa shape index (κ2) is 7.66. The molecule has 2 N–H and O–H groups in total. The van der Waals surface area contributed by atoms with Gasteiger partial charge in [0.05, 0.1) is 13.2 Å². The fourth-order valence-electron chi connectivity index (χ4n) is 1.50. The van der Waals surface area contributed by atoms with Crippen molar-refractivity contribution >= 4 is 5.91 Å². The van der Waals surface area contributed by atoms with E-state index in [4.69, 9.17) is 4.74 Å². The molecule has 0 aromatic carbocycles. The zero-order valence-corrected chi connectivity index (χ0v) is 11.2. The van der Waals surface area contributed by atoms with Gasteiger partial charge in [-0.1, -0.05) is 13.0 Å². The van der Waals surface area contributed by atoms with Crippen LogP contribution in [0.2, 0.25) is 0 Å². The highest BCUT2D eigenvalue weighted by atomic mass is 16.5. The quantitative estimate of drug-likeness (QED) is 0.761. The molecule has 5 nitrogen and oxygen atoms in total. The van der Waals surface area contributed by atoms with Gasteiger partial charge in [0, 0.05) is 24.8 Å². The molecule has 0 aliphatic carbocycles. The van der Waals surface area contributed by atoms with Gasteiger partial charge in [-0.15, -0.1) is 0 Å². The number of hydrogen-bond acceptors (Lipinski definition) is 4. The molecule has 0 spiro atoms. The number of carbonyl (C=O) groups excluding carboxylic acids is 1. The molecule has 1 atom stereocenters. The van der Waals surface area contributed by atoms with E-state index in [0.717, 1.165) is 12.0 Å². The standard InChI is InChI=1S/C13H21N3O2/c1-4-7-14-12(17)10(2)16-9-11-6-5-8-15-13(11)18-3/h5-6,8,10,16H,4,7,9H2,1-3H3,(H,14,17). The average Bonchev–Trinajstić information content (AvgIpc) is 2.42. The largest absolute Gasteiger partial charge is 0.481 e. The van der Waals surface area contributed by atoms with Crippen LogP contribution < -0.4 is 15.4 Å². The number of hydrogen-bond donors (Lipinski definition) is 2. The first kappa shape index (κ1) is 14.4. The maximum Gasteiger partial charge on any atom is 0.236 e. The van der Waals surface area contributed by atoms with E-state index in [1.807, 2.05) is 26.0 Å². The van der Waals surface area contributed by atoms with Crippen molar-refractivity contribution in [3.63, 3.8) is 0 Å². The van der Waals surface area contributed by atoms with Crippen LogP contribution in [0, 0.1) is 0 Å². The highest BCUT2D eigenvalue weighted by Gasteiger charge is 2.12. The first-order valence-electron chi connectivity index (χ1n) is 6.18. The molecule has 0 radical (unpaired) electrons. The van der Waals surface area contributed by atoms with Gasteiger partial charge in [-0.25, -0.2) is 4.98 Å². The number of nitrogens with one attached hydrogen (secondary N) is 2. The smallest absolute Gasteiger partial charge is 0.236 e. The lowest BCUT2D eigenvalue weighted by Crippen LogP contribution is -2.42. The van der Waals surface area contributed by atoms with Gasteiger partial charge in [0.1, 0.15) is 0 Å². The molecule has 1 heterocycles. The van der Waals surface area contributed by atoms with Gasteiger partial charge in [-0.2, -0.15) is 0 Å². The lowest BCUT2D eigenvalue weighted by molar-refractivity contribution is -0.122. The molecule has 1 aromatic heterocycles. The van der Waals surface area contributed by atoms with Crippen LogP contribution in [0.4, 0.5) is 0 Å². The lowest BCUT2D eigenvalue weighted by atomic mass is 10.2. The van der Waals surface area contributed by atoms with Crippen LogP contribution in [-0.2, 0) is 11.3 Å². The van der Waals surface area contributed by atoms with Crippen LogP contribution in [0.3, 0.4) is 0 Å². The summed E-state index contributed by atoms with van der Waals surface area (Å²) in [7, 11) is 1.59. The monoisotopic (exact) mass is 251 g/mol. The number of aromatic nitrogens is 1. The van der Waals surface area contributed by atoms with Gasteiger partial charge in [0.15, 0.2) is 0 Å². The normalized spacial score (nSPS) is 11.9. The van der Waals surface area contributed by atoms with Crippen LogP contribution >= 0.6 is 0 Å². The number of carbonyl (C=O) groups is 1. The Balaban J connectivity index is 2.46. The SMILES string of the molecule is CCCNC(=O)C(C)NCc1cccnc1OC. The van der Waals surface area contributed by atoms with E-state index in [0.29, 0.717) is 19.0 Å². The number of ether oxygens (including phenoxy) is 1. The fraction of sp³-hybridized carbons (Fsp3) is 0.538. The Morgan fingerprint density at radius 1 is 1.56 bits per heavy atom. The average molecular weight is 251 g/mol. The summed E-state index contributed by atoms with van der Waals surface area (Å²) in [5, 5.41) is 6.00. The Morgan fingerprint density at radius 2 is 2.33 bits per heavy atom. The van der Waals surface area contributed by atoms with Gasteiger partial charge >= 0.3 is 0 Å². The second-order valence-electron chi connectivity index (χ2n) is 4.07. The predicted octanol–water partition coefficient (Wildman–Crippen LogP) is 1.09. The lowest BCUT2D eigenvalue weighted by Gasteiger charge is -2.14. The number of nitrogens with zero attached hydrogens (tertiary/aromatic N) is 1. The fourth-order valence-corrected chi connectivity index (χ4v) is 1.50. The Labute approximate surface area is 108 Å². The summed E-state index contributed by atoms with van der Waals surface area (Å²) in [5.74, 6) is 0.603. The molecule has 1 rings (SSSR count). The van der Waals surface area contributed by atoms with E-state index in [9.17, 15) is 4.79 Å². The molecule has 0 aliphatic heterocycles. The molecule has 1 unspecified atom stereocenters. The van der Waals surface area contributed by atoms with Crippen molar-refractivity contribution in [2.24, 2.45) is 0 Å². The number of pyridine rings is 1. The Morgan fingerprint density at radius 3 is 3.00 bits per heavy atom. The van der Waals surface area contributed by atoms with E-state index in [1.54, 1.807) is 13.3 Å². The molecule has 1 aromatic rings. The minimum atomic E-state index is -0.235. The summed E-state index contributed by atoms with van der Waals surface area (Å²) in [6.07, 6.45) is 2.62. The van der Waals surface area contributed by atoms with Crippen LogP contribution in [0.1, 0.15) is 25.8 Å². The Kier molecular flexibility index (Phi) is 6.14. The van der Waals surface area contributed by atoms with Gasteiger partial charge in [-0.05, 0) is 19.4 Å². The molecule has 0 saturated heterocycles. The molecule has 0 fully saturated rings. The summed E-state index contributed by atoms with van der Waals surface area (Å²) < 4.78 is 5.15. The molecular formula is C13H21N3O2. The minimum Gasteiger partial charge on any atom is -0.481 e. The second-order valence-corrected chi connectivity index (χ2v) is 4.07. The van der Waals surface area contributed by atoms with Crippen molar-refractivity contribution in [2.45, 2.75) is 32.9 Å². The third kappa shape index (κ3) is 4.33. The van der Waals surface area contributed by atoms with Crippen LogP contribution in [0.15, 0.2) is 18.3 Å². The van der Waals surface area contributed by atoms with E-state index >= 15 is 0 Å². The molecule has 100 valence electrons. The van der Waals surface area contributed by atoms with Crippen LogP contribution in [0.5, 0.6) is 5.88 Å². The predicted molar refractivity (Wildman–Crippen MR) is 70.4 cm³/mol. The molecule has 18 heavy (non-hydrogen) atoms. The zero-order valence-electron chi connectivity index (χ0n) is 11.2. The molecule has 5 heteroatoms. The first-order valence-corrected chi connectivity index (χ1v) is 6.18. The molecule has 0 aliphatic rings. The molecule has 0 bridgehead atoms. The maximum atomic E-state index is 11.7. The van der Waals surface area contributed by atoms with Crippen molar-refractivity contribution in [1.82, 2.24) is 15.6 Å². The summed E-state index contributed by atoms with van der Waals surface area (Å²) in [4.78, 5) is 15.8. The Bertz CT molecular complexity index is 382.